The summed E-state index contributed by atoms with van der Waals surface area (Å²) in [5, 5.41) is 7.17. The lowest BCUT2D eigenvalue weighted by molar-refractivity contribution is -0.137. The van der Waals surface area contributed by atoms with Gasteiger partial charge in [-0.3, -0.25) is 14.2 Å². The molecule has 2 aromatic carbocycles. The minimum Gasteiger partial charge on any atom is -0.497 e. The van der Waals surface area contributed by atoms with Gasteiger partial charge in [0.1, 0.15) is 17.5 Å². The van der Waals surface area contributed by atoms with Gasteiger partial charge in [-0.25, -0.2) is 9.67 Å². The van der Waals surface area contributed by atoms with Crippen molar-refractivity contribution < 1.29 is 22.7 Å². The number of methoxy groups -OCH3 is 1. The van der Waals surface area contributed by atoms with Crippen molar-refractivity contribution in [2.45, 2.75) is 19.3 Å². The Labute approximate surface area is 191 Å². The van der Waals surface area contributed by atoms with E-state index in [-0.39, 0.29) is 30.9 Å². The fourth-order valence-electron chi connectivity index (χ4n) is 3.46. The van der Waals surface area contributed by atoms with E-state index in [2.05, 4.69) is 15.4 Å². The molecule has 176 valence electrons. The molecule has 1 N–H and O–H groups in total. The maximum absolute atomic E-state index is 13.0. The standard InChI is InChI=1S/C23H20F3N5O3/c1-34-18-7-3-5-16(11-18)21(32)27-8-9-31-20-19(12-29-31)22(33)30(14-28-20)13-15-4-2-6-17(10-15)23(24,25)26/h2-7,10-12,14H,8-9,13H2,1H3,(H,27,32). The fourth-order valence-corrected chi connectivity index (χ4v) is 3.46. The summed E-state index contributed by atoms with van der Waals surface area (Å²) >= 11 is 0. The summed E-state index contributed by atoms with van der Waals surface area (Å²) in [5.74, 6) is 0.281. The predicted molar refractivity (Wildman–Crippen MR) is 118 cm³/mol. The molecule has 0 radical (unpaired) electrons. The molecule has 0 spiro atoms. The smallest absolute Gasteiger partial charge is 0.416 e. The minimum atomic E-state index is -4.47. The highest BCUT2D eigenvalue weighted by molar-refractivity contribution is 5.94. The van der Waals surface area contributed by atoms with Crippen LogP contribution in [-0.2, 0) is 19.3 Å². The van der Waals surface area contributed by atoms with Crippen LogP contribution in [0.25, 0.3) is 11.0 Å². The summed E-state index contributed by atoms with van der Waals surface area (Å²) in [6.07, 6.45) is -1.83. The predicted octanol–water partition coefficient (Wildman–Crippen LogP) is 3.10. The van der Waals surface area contributed by atoms with E-state index >= 15 is 0 Å². The Morgan fingerprint density at radius 3 is 2.71 bits per heavy atom. The van der Waals surface area contributed by atoms with Gasteiger partial charge >= 0.3 is 6.18 Å². The van der Waals surface area contributed by atoms with E-state index in [4.69, 9.17) is 4.74 Å². The minimum absolute atomic E-state index is 0.0620. The molecule has 2 heterocycles. The molecule has 0 aliphatic heterocycles. The van der Waals surface area contributed by atoms with Crippen LogP contribution in [0.1, 0.15) is 21.5 Å². The first-order valence-electron chi connectivity index (χ1n) is 10.3. The van der Waals surface area contributed by atoms with Crippen LogP contribution in [0.2, 0.25) is 0 Å². The highest BCUT2D eigenvalue weighted by atomic mass is 19.4. The SMILES string of the molecule is COc1cccc(C(=O)NCCn2ncc3c(=O)n(Cc4cccc(C(F)(F)F)c4)cnc32)c1. The second-order valence-corrected chi connectivity index (χ2v) is 7.47. The Morgan fingerprint density at radius 1 is 1.15 bits per heavy atom. The third kappa shape index (κ3) is 4.92. The number of rotatable bonds is 7. The number of alkyl halides is 3. The lowest BCUT2D eigenvalue weighted by Gasteiger charge is -2.10. The van der Waals surface area contributed by atoms with E-state index in [1.165, 1.54) is 41.0 Å². The number of carbonyl (C=O) groups excluding carboxylic acids is 1. The van der Waals surface area contributed by atoms with Crippen molar-refractivity contribution >= 4 is 16.9 Å². The Bertz CT molecular complexity index is 1390. The Morgan fingerprint density at radius 2 is 1.94 bits per heavy atom. The summed E-state index contributed by atoms with van der Waals surface area (Å²) in [4.78, 5) is 29.4. The van der Waals surface area contributed by atoms with Gasteiger partial charge in [0.2, 0.25) is 0 Å². The van der Waals surface area contributed by atoms with Gasteiger partial charge < -0.3 is 10.1 Å². The molecule has 8 nitrogen and oxygen atoms in total. The molecule has 4 aromatic rings. The number of carbonyl (C=O) groups is 1. The maximum Gasteiger partial charge on any atom is 0.416 e. The summed E-state index contributed by atoms with van der Waals surface area (Å²) < 4.78 is 46.7. The van der Waals surface area contributed by atoms with Gasteiger partial charge in [0.15, 0.2) is 5.65 Å². The van der Waals surface area contributed by atoms with Crippen molar-refractivity contribution in [1.82, 2.24) is 24.6 Å². The number of fused-ring (bicyclic) bond motifs is 1. The van der Waals surface area contributed by atoms with E-state index in [1.54, 1.807) is 24.3 Å². The molecule has 0 bridgehead atoms. The van der Waals surface area contributed by atoms with Crippen LogP contribution in [0.3, 0.4) is 0 Å². The van der Waals surface area contributed by atoms with Crippen LogP contribution >= 0.6 is 0 Å². The molecule has 0 saturated carbocycles. The lowest BCUT2D eigenvalue weighted by atomic mass is 10.1. The first-order valence-corrected chi connectivity index (χ1v) is 10.3. The first kappa shape index (κ1) is 23.0. The third-order valence-corrected chi connectivity index (χ3v) is 5.17. The van der Waals surface area contributed by atoms with Crippen LogP contribution in [0.4, 0.5) is 13.2 Å². The van der Waals surface area contributed by atoms with E-state index in [9.17, 15) is 22.8 Å². The van der Waals surface area contributed by atoms with Crippen molar-refractivity contribution in [3.63, 3.8) is 0 Å². The topological polar surface area (TPSA) is 91.0 Å². The van der Waals surface area contributed by atoms with E-state index < -0.39 is 17.3 Å². The maximum atomic E-state index is 13.0. The van der Waals surface area contributed by atoms with Crippen LogP contribution < -0.4 is 15.6 Å². The van der Waals surface area contributed by atoms with E-state index in [1.807, 2.05) is 0 Å². The van der Waals surface area contributed by atoms with Gasteiger partial charge in [-0.05, 0) is 35.9 Å². The van der Waals surface area contributed by atoms with Crippen molar-refractivity contribution in [3.05, 3.63) is 88.1 Å². The molecule has 4 rings (SSSR count). The van der Waals surface area contributed by atoms with Crippen molar-refractivity contribution in [1.29, 1.82) is 0 Å². The Balaban J connectivity index is 1.46. The zero-order valence-electron chi connectivity index (χ0n) is 18.0. The number of nitrogens with zero attached hydrogens (tertiary/aromatic N) is 4. The number of amides is 1. The molecule has 0 unspecified atom stereocenters. The molecule has 34 heavy (non-hydrogen) atoms. The zero-order valence-corrected chi connectivity index (χ0v) is 18.0. The average molecular weight is 471 g/mol. The first-order chi connectivity index (χ1) is 16.3. The van der Waals surface area contributed by atoms with Gasteiger partial charge in [-0.1, -0.05) is 18.2 Å². The molecular weight excluding hydrogens is 451 g/mol. The second kappa shape index (κ2) is 9.38. The number of halogens is 3. The van der Waals surface area contributed by atoms with Crippen LogP contribution in [-0.4, -0.2) is 38.9 Å². The zero-order chi connectivity index (χ0) is 24.3. The van der Waals surface area contributed by atoms with E-state index in [0.29, 0.717) is 22.5 Å². The second-order valence-electron chi connectivity index (χ2n) is 7.47. The Kier molecular flexibility index (Phi) is 6.35. The summed E-state index contributed by atoms with van der Waals surface area (Å²) in [7, 11) is 1.51. The number of hydrogen-bond donors (Lipinski definition) is 1. The van der Waals surface area contributed by atoms with Crippen LogP contribution in [0, 0.1) is 0 Å². The van der Waals surface area contributed by atoms with Gasteiger partial charge in [0.05, 0.1) is 32.0 Å². The number of nitrogens with one attached hydrogen (secondary N) is 1. The van der Waals surface area contributed by atoms with Gasteiger partial charge in [-0.2, -0.15) is 18.3 Å². The lowest BCUT2D eigenvalue weighted by Crippen LogP contribution is -2.27. The number of hydrogen-bond acceptors (Lipinski definition) is 5. The summed E-state index contributed by atoms with van der Waals surface area (Å²) in [6, 6.07) is 11.5. The number of aromatic nitrogens is 4. The van der Waals surface area contributed by atoms with Crippen molar-refractivity contribution in [2.24, 2.45) is 0 Å². The molecule has 11 heteroatoms. The summed E-state index contributed by atoms with van der Waals surface area (Å²) in [6.45, 7) is 0.443. The monoisotopic (exact) mass is 471 g/mol. The average Bonchev–Trinajstić information content (AvgIpc) is 3.24. The molecular formula is C23H20F3N5O3. The Hall–Kier alpha value is -4.15. The highest BCUT2D eigenvalue weighted by Crippen LogP contribution is 2.29. The molecule has 0 aliphatic carbocycles. The molecule has 2 aromatic heterocycles. The van der Waals surface area contributed by atoms with Crippen molar-refractivity contribution in [2.75, 3.05) is 13.7 Å². The van der Waals surface area contributed by atoms with Gasteiger partial charge in [0, 0.05) is 12.1 Å². The van der Waals surface area contributed by atoms with Gasteiger partial charge in [0.25, 0.3) is 11.5 Å². The van der Waals surface area contributed by atoms with Crippen LogP contribution in [0.15, 0.2) is 65.8 Å². The molecule has 0 fully saturated rings. The van der Waals surface area contributed by atoms with Crippen LogP contribution in [0.5, 0.6) is 5.75 Å². The fraction of sp³-hybridized carbons (Fsp3) is 0.217. The third-order valence-electron chi connectivity index (χ3n) is 5.17. The molecule has 0 saturated heterocycles. The molecule has 1 amide bonds. The normalized spacial score (nSPS) is 11.5. The largest absolute Gasteiger partial charge is 0.497 e. The van der Waals surface area contributed by atoms with E-state index in [0.717, 1.165) is 12.1 Å². The number of ether oxygens (including phenoxy) is 1. The number of benzene rings is 2. The molecule has 0 atom stereocenters. The quantitative estimate of drug-likeness (QED) is 0.447. The summed E-state index contributed by atoms with van der Waals surface area (Å²) in [5.41, 5.74) is -0.114. The van der Waals surface area contributed by atoms with Gasteiger partial charge in [-0.15, -0.1) is 0 Å². The highest BCUT2D eigenvalue weighted by Gasteiger charge is 2.30. The molecule has 0 aliphatic rings. The van der Waals surface area contributed by atoms with Crippen molar-refractivity contribution in [3.8, 4) is 5.75 Å².